The highest BCUT2D eigenvalue weighted by molar-refractivity contribution is 5.96. The minimum absolute atomic E-state index is 0.181. The molecule has 1 aliphatic heterocycles. The predicted molar refractivity (Wildman–Crippen MR) is 66.1 cm³/mol. The molecule has 1 rings (SSSR count). The molecule has 0 aromatic heterocycles. The minimum Gasteiger partial charge on any atom is -0.393 e. The van der Waals surface area contributed by atoms with Crippen LogP contribution in [0, 0.1) is 35.5 Å². The van der Waals surface area contributed by atoms with Crippen molar-refractivity contribution in [2.24, 2.45) is 35.5 Å². The molecule has 98 valence electrons. The van der Waals surface area contributed by atoms with Crippen molar-refractivity contribution >= 4 is 11.9 Å². The smallest absolute Gasteiger partial charge is 0.317 e. The van der Waals surface area contributed by atoms with Gasteiger partial charge in [-0.05, 0) is 23.7 Å². The summed E-state index contributed by atoms with van der Waals surface area (Å²) in [5, 5.41) is 0. The Balaban J connectivity index is 2.98. The molecule has 0 aromatic rings. The number of carbonyl (C=O) groups excluding carboxylic acids is 2. The maximum atomic E-state index is 11.8. The molecule has 0 radical (unpaired) electrons. The molecule has 3 nitrogen and oxygen atoms in total. The summed E-state index contributed by atoms with van der Waals surface area (Å²) < 4.78 is 4.85. The standard InChI is InChI=1S/C14H24O3/c1-7(2)9(5)11-12(10(6)8(3)4)14(16)17-13(11)15/h7-12H,1-6H3. The average molecular weight is 240 g/mol. The Kier molecular flexibility index (Phi) is 4.34. The van der Waals surface area contributed by atoms with E-state index in [0.29, 0.717) is 11.8 Å². The molecule has 17 heavy (non-hydrogen) atoms. The van der Waals surface area contributed by atoms with Gasteiger partial charge in [-0.25, -0.2) is 0 Å². The van der Waals surface area contributed by atoms with Crippen LogP contribution < -0.4 is 0 Å². The molecule has 0 aromatic carbocycles. The molecule has 1 fully saturated rings. The van der Waals surface area contributed by atoms with Crippen LogP contribution in [0.4, 0.5) is 0 Å². The van der Waals surface area contributed by atoms with Gasteiger partial charge in [-0.15, -0.1) is 0 Å². The summed E-state index contributed by atoms with van der Waals surface area (Å²) in [5.41, 5.74) is 0. The fourth-order valence-corrected chi connectivity index (χ4v) is 2.44. The third-order valence-electron chi connectivity index (χ3n) is 4.37. The first-order valence-electron chi connectivity index (χ1n) is 6.52. The van der Waals surface area contributed by atoms with Gasteiger partial charge in [0, 0.05) is 0 Å². The second kappa shape index (κ2) is 5.19. The van der Waals surface area contributed by atoms with Crippen molar-refractivity contribution in [2.75, 3.05) is 0 Å². The molecular weight excluding hydrogens is 216 g/mol. The lowest BCUT2D eigenvalue weighted by molar-refractivity contribution is -0.154. The molecule has 1 aliphatic rings. The minimum atomic E-state index is -0.325. The van der Waals surface area contributed by atoms with Crippen LogP contribution in [0.25, 0.3) is 0 Å². The van der Waals surface area contributed by atoms with Crippen LogP contribution in [0.3, 0.4) is 0 Å². The van der Waals surface area contributed by atoms with Gasteiger partial charge in [0.1, 0.15) is 0 Å². The summed E-state index contributed by atoms with van der Waals surface area (Å²) in [7, 11) is 0. The molecular formula is C14H24O3. The van der Waals surface area contributed by atoms with Gasteiger partial charge in [0.15, 0.2) is 0 Å². The van der Waals surface area contributed by atoms with Crippen LogP contribution in [-0.2, 0) is 14.3 Å². The molecule has 1 heterocycles. The van der Waals surface area contributed by atoms with Crippen molar-refractivity contribution in [3.8, 4) is 0 Å². The first-order valence-corrected chi connectivity index (χ1v) is 6.52. The van der Waals surface area contributed by atoms with Gasteiger partial charge in [-0.3, -0.25) is 9.59 Å². The number of rotatable bonds is 4. The van der Waals surface area contributed by atoms with Gasteiger partial charge in [-0.1, -0.05) is 41.5 Å². The fraction of sp³-hybridized carbons (Fsp3) is 0.857. The van der Waals surface area contributed by atoms with E-state index in [1.807, 2.05) is 13.8 Å². The molecule has 0 bridgehead atoms. The van der Waals surface area contributed by atoms with Crippen molar-refractivity contribution in [1.29, 1.82) is 0 Å². The summed E-state index contributed by atoms with van der Waals surface area (Å²) >= 11 is 0. The molecule has 1 saturated heterocycles. The van der Waals surface area contributed by atoms with Gasteiger partial charge in [0.05, 0.1) is 11.8 Å². The summed E-state index contributed by atoms with van der Waals surface area (Å²) in [5.74, 6) is -0.0666. The lowest BCUT2D eigenvalue weighted by Crippen LogP contribution is -2.33. The van der Waals surface area contributed by atoms with Gasteiger partial charge < -0.3 is 4.74 Å². The van der Waals surface area contributed by atoms with Crippen LogP contribution in [-0.4, -0.2) is 11.9 Å². The van der Waals surface area contributed by atoms with E-state index in [2.05, 4.69) is 27.7 Å². The Morgan fingerprint density at radius 3 is 1.29 bits per heavy atom. The monoisotopic (exact) mass is 240 g/mol. The first-order chi connectivity index (χ1) is 7.77. The molecule has 3 heteroatoms. The van der Waals surface area contributed by atoms with Gasteiger partial charge >= 0.3 is 11.9 Å². The molecule has 0 aliphatic carbocycles. The maximum absolute atomic E-state index is 11.8. The molecule has 4 unspecified atom stereocenters. The number of cyclic esters (lactones) is 2. The Morgan fingerprint density at radius 1 is 0.765 bits per heavy atom. The first kappa shape index (κ1) is 14.2. The molecule has 4 atom stereocenters. The summed E-state index contributed by atoms with van der Waals surface area (Å²) in [6.07, 6.45) is 0. The van der Waals surface area contributed by atoms with E-state index in [1.54, 1.807) is 0 Å². The zero-order valence-corrected chi connectivity index (χ0v) is 11.7. The van der Waals surface area contributed by atoms with Gasteiger partial charge in [0.25, 0.3) is 0 Å². The molecule has 0 spiro atoms. The van der Waals surface area contributed by atoms with E-state index in [4.69, 9.17) is 4.74 Å². The lowest BCUT2D eigenvalue weighted by Gasteiger charge is -2.29. The Labute approximate surface area is 104 Å². The van der Waals surface area contributed by atoms with Crippen molar-refractivity contribution in [2.45, 2.75) is 41.5 Å². The molecule has 0 amide bonds. The van der Waals surface area contributed by atoms with E-state index in [-0.39, 0.29) is 35.6 Å². The lowest BCUT2D eigenvalue weighted by atomic mass is 9.71. The second-order valence-electron chi connectivity index (χ2n) is 6.00. The van der Waals surface area contributed by atoms with Crippen molar-refractivity contribution < 1.29 is 14.3 Å². The van der Waals surface area contributed by atoms with E-state index < -0.39 is 0 Å². The molecule has 0 saturated carbocycles. The van der Waals surface area contributed by atoms with Crippen molar-refractivity contribution in [3.63, 3.8) is 0 Å². The van der Waals surface area contributed by atoms with E-state index in [9.17, 15) is 9.59 Å². The van der Waals surface area contributed by atoms with Crippen LogP contribution >= 0.6 is 0 Å². The quantitative estimate of drug-likeness (QED) is 0.560. The SMILES string of the molecule is CC(C)C(C)C1C(=O)OC(=O)C1C(C)C(C)C. The highest BCUT2D eigenvalue weighted by Gasteiger charge is 2.50. The van der Waals surface area contributed by atoms with E-state index in [0.717, 1.165) is 0 Å². The number of hydrogen-bond acceptors (Lipinski definition) is 3. The van der Waals surface area contributed by atoms with E-state index in [1.165, 1.54) is 0 Å². The molecule has 0 N–H and O–H groups in total. The largest absolute Gasteiger partial charge is 0.393 e. The topological polar surface area (TPSA) is 43.4 Å². The number of hydrogen-bond donors (Lipinski definition) is 0. The number of ether oxygens (including phenoxy) is 1. The summed E-state index contributed by atoms with van der Waals surface area (Å²) in [6.45, 7) is 12.4. The number of esters is 2. The van der Waals surface area contributed by atoms with Crippen LogP contribution in [0.2, 0.25) is 0 Å². The van der Waals surface area contributed by atoms with Crippen LogP contribution in [0.5, 0.6) is 0 Å². The third kappa shape index (κ3) is 2.70. The highest BCUT2D eigenvalue weighted by Crippen LogP contribution is 2.40. The summed E-state index contributed by atoms with van der Waals surface area (Å²) in [4.78, 5) is 23.7. The predicted octanol–water partition coefficient (Wildman–Crippen LogP) is 2.89. The Morgan fingerprint density at radius 2 is 1.06 bits per heavy atom. The van der Waals surface area contributed by atoms with Gasteiger partial charge in [-0.2, -0.15) is 0 Å². The second-order valence-corrected chi connectivity index (χ2v) is 6.00. The Hall–Kier alpha value is -0.860. The van der Waals surface area contributed by atoms with Crippen LogP contribution in [0.1, 0.15) is 41.5 Å². The van der Waals surface area contributed by atoms with Gasteiger partial charge in [0.2, 0.25) is 0 Å². The maximum Gasteiger partial charge on any atom is 0.317 e. The van der Waals surface area contributed by atoms with Crippen molar-refractivity contribution in [1.82, 2.24) is 0 Å². The zero-order chi connectivity index (χ0) is 13.3. The zero-order valence-electron chi connectivity index (χ0n) is 11.7. The normalized spacial score (nSPS) is 28.7. The van der Waals surface area contributed by atoms with Crippen molar-refractivity contribution in [3.05, 3.63) is 0 Å². The number of carbonyl (C=O) groups is 2. The highest BCUT2D eigenvalue weighted by atomic mass is 16.6. The van der Waals surface area contributed by atoms with E-state index >= 15 is 0 Å². The third-order valence-corrected chi connectivity index (χ3v) is 4.37. The average Bonchev–Trinajstić information content (AvgIpc) is 2.50. The van der Waals surface area contributed by atoms with Crippen LogP contribution in [0.15, 0.2) is 0 Å². The fourth-order valence-electron chi connectivity index (χ4n) is 2.44. The summed E-state index contributed by atoms with van der Waals surface area (Å²) in [6, 6.07) is 0. The Bertz CT molecular complexity index is 277.